The van der Waals surface area contributed by atoms with Crippen LogP contribution in [0, 0.1) is 0 Å². The van der Waals surface area contributed by atoms with Crippen LogP contribution in [0.1, 0.15) is 555 Å². The van der Waals surface area contributed by atoms with Crippen LogP contribution in [0.2, 0.25) is 0 Å². The molecule has 0 spiro atoms. The van der Waals surface area contributed by atoms with Crippen LogP contribution in [0.3, 0.4) is 0 Å². The molecule has 0 bridgehead atoms. The number of phosphoric ester groups is 2. The zero-order valence-corrected chi connectivity index (χ0v) is 85.2. The normalized spacial score (nSPS) is 16.7. The summed E-state index contributed by atoms with van der Waals surface area (Å²) in [5.74, 6) is -1.96. The molecule has 752 valence electrons. The molecule has 0 amide bonds. The van der Waals surface area contributed by atoms with Gasteiger partial charge in [-0.05, 0) is 51.4 Å². The lowest BCUT2D eigenvalue weighted by atomic mass is 10.0. The molecule has 0 N–H and O–H groups in total. The number of hydrogen-bond acceptors (Lipinski definition) is 20. The summed E-state index contributed by atoms with van der Waals surface area (Å²) < 4.78 is 116. The van der Waals surface area contributed by atoms with Gasteiger partial charge in [0, 0.05) is 25.7 Å². The average molecular weight is 1850 g/mol. The van der Waals surface area contributed by atoms with Gasteiger partial charge in [-0.3, -0.25) is 46.3 Å². The third-order valence-corrected chi connectivity index (χ3v) is 27.9. The number of esters is 4. The van der Waals surface area contributed by atoms with Crippen LogP contribution >= 0.6 is 15.6 Å². The molecule has 2 heterocycles. The van der Waals surface area contributed by atoms with Gasteiger partial charge in [-0.25, -0.2) is 9.13 Å². The lowest BCUT2D eigenvalue weighted by Crippen LogP contribution is -2.30. The van der Waals surface area contributed by atoms with Crippen molar-refractivity contribution >= 4 is 39.5 Å². The molecule has 6 unspecified atom stereocenters. The third-order valence-electron chi connectivity index (χ3n) is 25.2. The van der Waals surface area contributed by atoms with Crippen molar-refractivity contribution in [2.24, 2.45) is 0 Å². The molecule has 127 heavy (non-hydrogen) atoms. The standard InChI is InChI=1S/C105H202O20P2/c1-7-13-19-25-31-37-43-45-47-49-55-61-67-73-79-85-104-114-89-98(124-104)93-118-126(110,116-91-96(122-102(108)83-77-71-65-59-53-41-35-29-23-17-11-5)87-112-100(106)81-75-69-63-57-51-39-33-27-21-15-9-3)120-95-121-127(111,119-94-99-90-115-105(125-99)86-80-74-68-62-56-50-48-46-44-38-32-26-20-14-8-2)117-92-97(123-103(109)84-78-72-66-60-54-42-36-30-24-18-12-6)88-113-101(107)82-76-70-64-58-52-40-34-28-22-16-10-4/h96-99,104-105H,7-95H2,1-6H3/t96-,97-,98?,99?,104?,105?,126?,127?/m1/s1. The summed E-state index contributed by atoms with van der Waals surface area (Å²) >= 11 is 0. The SMILES string of the molecule is CCCCCCCCCCCCCCCCCC1OCC(COP(=O)(OCOP(=O)(OCC2COC(CCCCCCCCCCCCCCCCC)O2)OC[C@@H](COC(=O)CCCCCCCCCCCCC)OC(=O)CCCCCCCCCCCCC)OC[C@@H](COC(=O)CCCCCCCCCCCCC)OC(=O)CCCCCCCCCCCCC)O1. The van der Waals surface area contributed by atoms with E-state index in [2.05, 4.69) is 41.5 Å². The largest absolute Gasteiger partial charge is 0.477 e. The van der Waals surface area contributed by atoms with E-state index in [1.165, 1.54) is 321 Å². The number of carbonyl (C=O) groups is 4. The van der Waals surface area contributed by atoms with Crippen LogP contribution in [-0.4, -0.2) is 121 Å². The highest BCUT2D eigenvalue weighted by molar-refractivity contribution is 7.49. The van der Waals surface area contributed by atoms with E-state index in [0.29, 0.717) is 38.5 Å². The van der Waals surface area contributed by atoms with E-state index in [0.717, 1.165) is 128 Å². The van der Waals surface area contributed by atoms with Crippen molar-refractivity contribution in [1.82, 2.24) is 0 Å². The lowest BCUT2D eigenvalue weighted by molar-refractivity contribution is -0.161. The topological polar surface area (TPSA) is 232 Å². The van der Waals surface area contributed by atoms with Gasteiger partial charge >= 0.3 is 39.5 Å². The summed E-state index contributed by atoms with van der Waals surface area (Å²) in [7, 11) is -9.74. The zero-order valence-electron chi connectivity index (χ0n) is 83.5. The fourth-order valence-electron chi connectivity index (χ4n) is 16.9. The van der Waals surface area contributed by atoms with Crippen molar-refractivity contribution in [3.8, 4) is 0 Å². The predicted molar refractivity (Wildman–Crippen MR) is 520 cm³/mol. The number of rotatable bonds is 102. The van der Waals surface area contributed by atoms with Crippen LogP contribution in [0.25, 0.3) is 0 Å². The van der Waals surface area contributed by atoms with E-state index in [-0.39, 0.29) is 65.3 Å². The highest BCUT2D eigenvalue weighted by Gasteiger charge is 2.39. The summed E-state index contributed by atoms with van der Waals surface area (Å²) in [6.07, 6.45) is 84.2. The van der Waals surface area contributed by atoms with E-state index in [1.54, 1.807) is 0 Å². The number of phosphoric acid groups is 2. The molecule has 2 aliphatic heterocycles. The van der Waals surface area contributed by atoms with Crippen LogP contribution < -0.4 is 0 Å². The Bertz CT molecular complexity index is 2330. The first-order chi connectivity index (χ1) is 62.3. The molecule has 22 heteroatoms. The summed E-state index contributed by atoms with van der Waals surface area (Å²) in [6.45, 7) is 10.1. The molecule has 2 aliphatic rings. The maximum atomic E-state index is 15.4. The monoisotopic (exact) mass is 1850 g/mol. The number of carbonyl (C=O) groups excluding carboxylic acids is 4. The van der Waals surface area contributed by atoms with Crippen molar-refractivity contribution in [2.75, 3.05) is 59.6 Å². The Morgan fingerprint density at radius 3 is 0.661 bits per heavy atom. The first-order valence-corrected chi connectivity index (χ1v) is 57.5. The Labute approximate surface area is 780 Å². The number of ether oxygens (including phenoxy) is 8. The van der Waals surface area contributed by atoms with Crippen LogP contribution in [-0.2, 0) is 93.3 Å². The fraction of sp³-hybridized carbons (Fsp3) is 0.962. The highest BCUT2D eigenvalue weighted by Crippen LogP contribution is 2.54. The van der Waals surface area contributed by atoms with Crippen LogP contribution in [0.5, 0.6) is 0 Å². The molecule has 2 saturated heterocycles. The smallest absolute Gasteiger partial charge is 0.462 e. The summed E-state index contributed by atoms with van der Waals surface area (Å²) in [4.78, 5) is 54.5. The fourth-order valence-corrected chi connectivity index (χ4v) is 19.2. The van der Waals surface area contributed by atoms with E-state index >= 15 is 9.13 Å². The molecular formula is C105H202O20P2. The van der Waals surface area contributed by atoms with E-state index < -0.39 is 96.5 Å². The minimum atomic E-state index is -4.87. The second-order valence-electron chi connectivity index (χ2n) is 37.7. The maximum absolute atomic E-state index is 15.4. The molecule has 0 aromatic heterocycles. The first-order valence-electron chi connectivity index (χ1n) is 54.6. The minimum Gasteiger partial charge on any atom is -0.462 e. The van der Waals surface area contributed by atoms with Gasteiger partial charge in [-0.1, -0.05) is 478 Å². The van der Waals surface area contributed by atoms with Crippen LogP contribution in [0.4, 0.5) is 0 Å². The Balaban J connectivity index is 2.44. The molecule has 0 aliphatic carbocycles. The minimum absolute atomic E-state index is 0.118. The Morgan fingerprint density at radius 2 is 0.441 bits per heavy atom. The van der Waals surface area contributed by atoms with Crippen molar-refractivity contribution in [2.45, 2.75) is 592 Å². The van der Waals surface area contributed by atoms with E-state index in [4.69, 9.17) is 65.0 Å². The molecule has 2 rings (SSSR count). The number of unbranched alkanes of at least 4 members (excludes halogenated alkanes) is 68. The van der Waals surface area contributed by atoms with Crippen LogP contribution in [0.15, 0.2) is 0 Å². The van der Waals surface area contributed by atoms with E-state index in [1.807, 2.05) is 0 Å². The van der Waals surface area contributed by atoms with Gasteiger partial charge < -0.3 is 37.9 Å². The Hall–Kier alpha value is -2.06. The predicted octanol–water partition coefficient (Wildman–Crippen LogP) is 33.0. The number of hydrogen-bond donors (Lipinski definition) is 0. The van der Waals surface area contributed by atoms with Gasteiger partial charge in [0.1, 0.15) is 25.4 Å². The third kappa shape index (κ3) is 79.8. The second kappa shape index (κ2) is 91.7. The Kier molecular flexibility index (Phi) is 87.4. The first kappa shape index (κ1) is 121. The second-order valence-corrected chi connectivity index (χ2v) is 41.0. The Morgan fingerprint density at radius 1 is 0.244 bits per heavy atom. The quantitative estimate of drug-likeness (QED) is 0.0181. The van der Waals surface area contributed by atoms with Gasteiger partial charge in [0.15, 0.2) is 31.6 Å². The van der Waals surface area contributed by atoms with Gasteiger partial charge in [-0.15, -0.1) is 0 Å². The average Bonchev–Trinajstić information content (AvgIpc) is 1.85. The molecule has 2 fully saturated rings. The molecule has 20 nitrogen and oxygen atoms in total. The highest BCUT2D eigenvalue weighted by atomic mass is 31.2. The molecule has 0 radical (unpaired) electrons. The van der Waals surface area contributed by atoms with E-state index in [9.17, 15) is 19.2 Å². The van der Waals surface area contributed by atoms with Gasteiger partial charge in [0.05, 0.1) is 39.6 Å². The van der Waals surface area contributed by atoms with Gasteiger partial charge in [0.2, 0.25) is 0 Å². The molecule has 0 saturated carbocycles. The zero-order chi connectivity index (χ0) is 91.6. The molecule has 8 atom stereocenters. The van der Waals surface area contributed by atoms with Crippen molar-refractivity contribution in [3.63, 3.8) is 0 Å². The molecule has 0 aromatic rings. The summed E-state index contributed by atoms with van der Waals surface area (Å²) in [6, 6.07) is 0. The van der Waals surface area contributed by atoms with Gasteiger partial charge in [0.25, 0.3) is 0 Å². The molecular weight excluding hydrogens is 1640 g/mol. The van der Waals surface area contributed by atoms with Crippen molar-refractivity contribution in [1.29, 1.82) is 0 Å². The van der Waals surface area contributed by atoms with Gasteiger partial charge in [-0.2, -0.15) is 0 Å². The lowest BCUT2D eigenvalue weighted by Gasteiger charge is -2.25. The summed E-state index contributed by atoms with van der Waals surface area (Å²) in [5, 5.41) is 0. The molecule has 0 aromatic carbocycles. The summed E-state index contributed by atoms with van der Waals surface area (Å²) in [5.41, 5.74) is 0. The maximum Gasteiger partial charge on any atom is 0.477 e. The van der Waals surface area contributed by atoms with Crippen molar-refractivity contribution < 1.29 is 93.3 Å². The van der Waals surface area contributed by atoms with Crippen molar-refractivity contribution in [3.05, 3.63) is 0 Å².